The molecule has 2 aliphatic heterocycles. The van der Waals surface area contributed by atoms with Gasteiger partial charge in [-0.2, -0.15) is 10.1 Å². The number of hydrogen-bond acceptors (Lipinski definition) is 6. The highest BCUT2D eigenvalue weighted by Gasteiger charge is 2.39. The van der Waals surface area contributed by atoms with Crippen LogP contribution in [0.2, 0.25) is 0 Å². The molecule has 0 radical (unpaired) electrons. The third-order valence-electron chi connectivity index (χ3n) is 6.24. The number of para-hydroxylation sites is 1. The van der Waals surface area contributed by atoms with E-state index >= 15 is 0 Å². The molecule has 188 valence electrons. The van der Waals surface area contributed by atoms with Crippen LogP contribution in [0.4, 0.5) is 10.1 Å². The fraction of sp³-hybridized carbons (Fsp3) is 0.214. The molecular formula is C28H25FN4O3S. The number of nitrogens with one attached hydrogen (secondary N) is 1. The Morgan fingerprint density at radius 2 is 1.84 bits per heavy atom. The van der Waals surface area contributed by atoms with Crippen molar-refractivity contribution >= 4 is 40.1 Å². The lowest BCUT2D eigenvalue weighted by Crippen LogP contribution is -2.25. The highest BCUT2D eigenvalue weighted by Crippen LogP contribution is 2.39. The quantitative estimate of drug-likeness (QED) is 0.480. The smallest absolute Gasteiger partial charge is 0.262 e. The number of carbonyl (C=O) groups is 2. The van der Waals surface area contributed by atoms with E-state index in [1.807, 2.05) is 43.3 Å². The fourth-order valence-corrected chi connectivity index (χ4v) is 5.29. The number of halogens is 1. The lowest BCUT2D eigenvalue weighted by atomic mass is 9.98. The van der Waals surface area contributed by atoms with Crippen LogP contribution in [0.25, 0.3) is 0 Å². The number of thioether (sulfide) groups is 1. The van der Waals surface area contributed by atoms with Crippen molar-refractivity contribution in [3.63, 3.8) is 0 Å². The minimum atomic E-state index is -0.708. The largest absolute Gasteiger partial charge is 0.497 e. The second-order valence-electron chi connectivity index (χ2n) is 8.82. The van der Waals surface area contributed by atoms with Crippen molar-refractivity contribution in [3.8, 4) is 5.75 Å². The monoisotopic (exact) mass is 516 g/mol. The molecule has 0 aliphatic carbocycles. The molecule has 0 spiro atoms. The van der Waals surface area contributed by atoms with E-state index in [9.17, 15) is 14.0 Å². The molecule has 0 unspecified atom stereocenters. The van der Waals surface area contributed by atoms with Crippen LogP contribution in [0.15, 0.2) is 82.9 Å². The van der Waals surface area contributed by atoms with Gasteiger partial charge in [0.25, 0.3) is 5.91 Å². The molecular weight excluding hydrogens is 491 g/mol. The van der Waals surface area contributed by atoms with Gasteiger partial charge in [0.15, 0.2) is 5.17 Å². The van der Waals surface area contributed by atoms with Crippen molar-refractivity contribution in [1.29, 1.82) is 0 Å². The van der Waals surface area contributed by atoms with Crippen LogP contribution in [0.5, 0.6) is 5.75 Å². The molecule has 2 heterocycles. The number of hydrazone groups is 1. The van der Waals surface area contributed by atoms with Gasteiger partial charge in [-0.15, -0.1) is 0 Å². The van der Waals surface area contributed by atoms with Gasteiger partial charge < -0.3 is 10.1 Å². The molecule has 2 atom stereocenters. The summed E-state index contributed by atoms with van der Waals surface area (Å²) >= 11 is 1.21. The van der Waals surface area contributed by atoms with Gasteiger partial charge in [0.1, 0.15) is 16.8 Å². The van der Waals surface area contributed by atoms with E-state index in [0.29, 0.717) is 11.6 Å². The summed E-state index contributed by atoms with van der Waals surface area (Å²) < 4.78 is 19.2. The van der Waals surface area contributed by atoms with Crippen LogP contribution in [-0.2, 0) is 9.59 Å². The Balaban J connectivity index is 1.36. The molecule has 0 bridgehead atoms. The Hall–Kier alpha value is -3.98. The highest BCUT2D eigenvalue weighted by molar-refractivity contribution is 8.15. The molecule has 1 N–H and O–H groups in total. The minimum absolute atomic E-state index is 0.0804. The molecule has 7 nitrogen and oxygen atoms in total. The number of amides is 2. The number of rotatable bonds is 6. The average molecular weight is 517 g/mol. The number of hydrogen-bond donors (Lipinski definition) is 1. The number of ether oxygens (including phenoxy) is 1. The highest BCUT2D eigenvalue weighted by atomic mass is 32.2. The molecule has 3 aromatic rings. The standard InChI is InChI=1S/C28H25FN4O3S/c1-17-7-9-19(10-8-17)24-15-23(18-11-13-20(36-2)14-12-18)32-33(24)28-31-27(35)25(37-28)16-26(34)30-22-6-4-3-5-21(22)29/h3-14,24-25H,15-16H2,1-2H3,(H,30,34)/t24-,25-/m1/s1. The van der Waals surface area contributed by atoms with Gasteiger partial charge in [0, 0.05) is 12.8 Å². The third-order valence-corrected chi connectivity index (χ3v) is 7.38. The first-order valence-corrected chi connectivity index (χ1v) is 12.7. The van der Waals surface area contributed by atoms with Gasteiger partial charge in [0.05, 0.1) is 24.6 Å². The molecule has 37 heavy (non-hydrogen) atoms. The molecule has 2 aliphatic rings. The summed E-state index contributed by atoms with van der Waals surface area (Å²) in [5.74, 6) is -0.630. The molecule has 0 saturated carbocycles. The number of nitrogens with zero attached hydrogens (tertiary/aromatic N) is 3. The maximum absolute atomic E-state index is 13.9. The number of methoxy groups -OCH3 is 1. The van der Waals surface area contributed by atoms with E-state index in [1.165, 1.54) is 23.9 Å². The zero-order valence-corrected chi connectivity index (χ0v) is 21.2. The van der Waals surface area contributed by atoms with Crippen molar-refractivity contribution in [2.75, 3.05) is 12.4 Å². The van der Waals surface area contributed by atoms with Gasteiger partial charge in [0.2, 0.25) is 5.91 Å². The summed E-state index contributed by atoms with van der Waals surface area (Å²) in [4.78, 5) is 29.6. The summed E-state index contributed by atoms with van der Waals surface area (Å²) in [6.07, 6.45) is 0.504. The molecule has 0 fully saturated rings. The van der Waals surface area contributed by atoms with E-state index in [4.69, 9.17) is 9.84 Å². The Labute approximate surface area is 218 Å². The summed E-state index contributed by atoms with van der Waals surface area (Å²) in [7, 11) is 1.62. The van der Waals surface area contributed by atoms with Gasteiger partial charge >= 0.3 is 0 Å². The molecule has 2 amide bonds. The van der Waals surface area contributed by atoms with E-state index in [0.717, 1.165) is 28.2 Å². The second kappa shape index (κ2) is 10.6. The third kappa shape index (κ3) is 5.41. The van der Waals surface area contributed by atoms with Crippen LogP contribution in [0.1, 0.15) is 35.6 Å². The topological polar surface area (TPSA) is 83.4 Å². The predicted molar refractivity (Wildman–Crippen MR) is 143 cm³/mol. The van der Waals surface area contributed by atoms with Crippen LogP contribution >= 0.6 is 11.8 Å². The normalized spacial score (nSPS) is 19.0. The number of carbonyl (C=O) groups excluding carboxylic acids is 2. The van der Waals surface area contributed by atoms with Crippen LogP contribution in [0.3, 0.4) is 0 Å². The molecule has 5 rings (SSSR count). The van der Waals surface area contributed by atoms with E-state index in [2.05, 4.69) is 22.4 Å². The molecule has 0 aromatic heterocycles. The molecule has 0 saturated heterocycles. The zero-order valence-electron chi connectivity index (χ0n) is 20.3. The van der Waals surface area contributed by atoms with Crippen molar-refractivity contribution in [1.82, 2.24) is 5.01 Å². The average Bonchev–Trinajstić information content (AvgIpc) is 3.50. The zero-order chi connectivity index (χ0) is 25.9. The van der Waals surface area contributed by atoms with E-state index < -0.39 is 22.9 Å². The summed E-state index contributed by atoms with van der Waals surface area (Å²) in [5.41, 5.74) is 4.10. The Morgan fingerprint density at radius 3 is 2.54 bits per heavy atom. The second-order valence-corrected chi connectivity index (χ2v) is 9.99. The number of amidine groups is 1. The van der Waals surface area contributed by atoms with Gasteiger partial charge in [-0.3, -0.25) is 9.59 Å². The lowest BCUT2D eigenvalue weighted by molar-refractivity contribution is -0.121. The van der Waals surface area contributed by atoms with Gasteiger partial charge in [-0.05, 0) is 54.4 Å². The lowest BCUT2D eigenvalue weighted by Gasteiger charge is -2.23. The number of aryl methyl sites for hydroxylation is 1. The fourth-order valence-electron chi connectivity index (χ4n) is 4.23. The van der Waals surface area contributed by atoms with E-state index in [-0.39, 0.29) is 18.2 Å². The van der Waals surface area contributed by atoms with Crippen molar-refractivity contribution in [2.24, 2.45) is 10.1 Å². The Kier molecular flexibility index (Phi) is 7.05. The van der Waals surface area contributed by atoms with Crippen molar-refractivity contribution in [2.45, 2.75) is 31.1 Å². The molecule has 3 aromatic carbocycles. The maximum atomic E-state index is 13.9. The Morgan fingerprint density at radius 1 is 1.11 bits per heavy atom. The van der Waals surface area contributed by atoms with Gasteiger partial charge in [-0.1, -0.05) is 53.7 Å². The van der Waals surface area contributed by atoms with Crippen LogP contribution in [0, 0.1) is 12.7 Å². The predicted octanol–water partition coefficient (Wildman–Crippen LogP) is 5.32. The minimum Gasteiger partial charge on any atom is -0.497 e. The first-order chi connectivity index (χ1) is 17.9. The number of aliphatic imine (C=N–C) groups is 1. The summed E-state index contributed by atoms with van der Waals surface area (Å²) in [6.45, 7) is 2.03. The number of benzene rings is 3. The Bertz CT molecular complexity index is 1390. The summed E-state index contributed by atoms with van der Waals surface area (Å²) in [6, 6.07) is 21.7. The van der Waals surface area contributed by atoms with Gasteiger partial charge in [-0.25, -0.2) is 9.40 Å². The van der Waals surface area contributed by atoms with Crippen LogP contribution < -0.4 is 10.1 Å². The van der Waals surface area contributed by atoms with Crippen molar-refractivity contribution < 1.29 is 18.7 Å². The molecule has 9 heteroatoms. The first-order valence-electron chi connectivity index (χ1n) is 11.8. The number of anilines is 1. The van der Waals surface area contributed by atoms with Crippen LogP contribution in [-0.4, -0.2) is 40.1 Å². The first kappa shape index (κ1) is 24.7. The SMILES string of the molecule is COc1ccc(C2=NN(C3=NC(=O)[C@@H](CC(=O)Nc4ccccc4F)S3)[C@@H](c3ccc(C)cc3)C2)cc1. The van der Waals surface area contributed by atoms with Crippen molar-refractivity contribution in [3.05, 3.63) is 95.3 Å². The maximum Gasteiger partial charge on any atom is 0.262 e. The summed E-state index contributed by atoms with van der Waals surface area (Å²) in [5, 5.41) is 8.92. The van der Waals surface area contributed by atoms with E-state index in [1.54, 1.807) is 24.3 Å².